The first kappa shape index (κ1) is 22.3. The maximum atomic E-state index is 13.0. The van der Waals surface area contributed by atoms with E-state index in [4.69, 9.17) is 8.83 Å². The number of furan rings is 2. The van der Waals surface area contributed by atoms with Gasteiger partial charge in [-0.1, -0.05) is 26.7 Å². The summed E-state index contributed by atoms with van der Waals surface area (Å²) in [7, 11) is 0. The molecule has 0 atom stereocenters. The largest absolute Gasteiger partial charge is 0.463 e. The molecule has 4 rings (SSSR count). The summed E-state index contributed by atoms with van der Waals surface area (Å²) in [5.41, 5.74) is 0.172. The first-order valence-electron chi connectivity index (χ1n) is 11.5. The van der Waals surface area contributed by atoms with Crippen molar-refractivity contribution in [1.82, 2.24) is 19.8 Å². The van der Waals surface area contributed by atoms with Crippen LogP contribution in [0, 0.1) is 12.8 Å². The van der Waals surface area contributed by atoms with Crippen LogP contribution in [0.2, 0.25) is 0 Å². The van der Waals surface area contributed by atoms with Crippen LogP contribution in [0.4, 0.5) is 0 Å². The molecular weight excluding hydrogens is 408 g/mol. The van der Waals surface area contributed by atoms with Crippen molar-refractivity contribution < 1.29 is 13.6 Å². The Morgan fingerprint density at radius 2 is 1.84 bits per heavy atom. The lowest BCUT2D eigenvalue weighted by Crippen LogP contribution is -2.27. The second-order valence-electron chi connectivity index (χ2n) is 9.05. The summed E-state index contributed by atoms with van der Waals surface area (Å²) in [5.74, 6) is 1.88. The van der Waals surface area contributed by atoms with Crippen LogP contribution in [-0.4, -0.2) is 33.4 Å². The Labute approximate surface area is 187 Å². The van der Waals surface area contributed by atoms with Gasteiger partial charge in [-0.2, -0.15) is 0 Å². The molecule has 8 heteroatoms. The molecule has 0 radical (unpaired) electrons. The lowest BCUT2D eigenvalue weighted by atomic mass is 10.1. The molecule has 1 fully saturated rings. The van der Waals surface area contributed by atoms with Crippen LogP contribution in [0.1, 0.15) is 67.2 Å². The number of nitrogens with one attached hydrogen (secondary N) is 1. The predicted molar refractivity (Wildman–Crippen MR) is 121 cm³/mol. The minimum absolute atomic E-state index is 0.190. The van der Waals surface area contributed by atoms with Gasteiger partial charge in [0.2, 0.25) is 5.71 Å². The van der Waals surface area contributed by atoms with Gasteiger partial charge in [0.15, 0.2) is 0 Å². The van der Waals surface area contributed by atoms with E-state index >= 15 is 0 Å². The number of carbonyl (C=O) groups excluding carboxylic acids is 1. The lowest BCUT2D eigenvalue weighted by molar-refractivity contribution is 0.0947. The van der Waals surface area contributed by atoms with E-state index in [9.17, 15) is 9.59 Å². The molecule has 1 saturated heterocycles. The highest BCUT2D eigenvalue weighted by atomic mass is 16.3. The molecule has 1 N–H and O–H groups in total. The molecule has 0 unspecified atom stereocenters. The number of nitrogens with zero attached hydrogens (tertiary/aromatic N) is 3. The van der Waals surface area contributed by atoms with Crippen molar-refractivity contribution in [2.75, 3.05) is 13.1 Å². The van der Waals surface area contributed by atoms with E-state index in [1.807, 2.05) is 26.0 Å². The molecule has 1 aliphatic rings. The number of hydrogen-bond donors (Lipinski definition) is 1. The molecule has 3 aromatic heterocycles. The van der Waals surface area contributed by atoms with Gasteiger partial charge >= 0.3 is 0 Å². The number of amides is 1. The van der Waals surface area contributed by atoms with Crippen molar-refractivity contribution in [2.24, 2.45) is 5.92 Å². The lowest BCUT2D eigenvalue weighted by Gasteiger charge is -2.17. The van der Waals surface area contributed by atoms with Crippen molar-refractivity contribution in [3.8, 4) is 0 Å². The molecule has 3 aromatic rings. The molecule has 8 nitrogen and oxygen atoms in total. The molecule has 0 aromatic carbocycles. The normalized spacial score (nSPS) is 15.4. The molecule has 1 amide bonds. The topological polar surface area (TPSA) is 93.5 Å². The number of carbonyl (C=O) groups is 1. The fraction of sp³-hybridized carbons (Fsp3) is 0.542. The van der Waals surface area contributed by atoms with Crippen molar-refractivity contribution in [2.45, 2.75) is 66.1 Å². The van der Waals surface area contributed by atoms with Gasteiger partial charge in [0.25, 0.3) is 11.5 Å². The number of aromatic nitrogens is 2. The summed E-state index contributed by atoms with van der Waals surface area (Å²) in [6, 6.07) is 3.87. The molecule has 0 bridgehead atoms. The Morgan fingerprint density at radius 3 is 2.56 bits per heavy atom. The van der Waals surface area contributed by atoms with E-state index in [0.717, 1.165) is 25.4 Å². The highest BCUT2D eigenvalue weighted by Crippen LogP contribution is 2.21. The monoisotopic (exact) mass is 440 g/mol. The summed E-state index contributed by atoms with van der Waals surface area (Å²) in [6.07, 6.45) is 6.53. The SMILES string of the molecule is Cc1oc2ncn(CC(C)C)c(=O)c2c1C(=O)NCc1ccc(CN2CCCCCC2)o1. The molecule has 172 valence electrons. The summed E-state index contributed by atoms with van der Waals surface area (Å²) < 4.78 is 13.1. The Morgan fingerprint density at radius 1 is 1.12 bits per heavy atom. The molecule has 4 heterocycles. The highest BCUT2D eigenvalue weighted by molar-refractivity contribution is 6.06. The second-order valence-corrected chi connectivity index (χ2v) is 9.05. The van der Waals surface area contributed by atoms with E-state index in [2.05, 4.69) is 15.2 Å². The minimum atomic E-state index is -0.368. The average molecular weight is 441 g/mol. The number of likely N-dealkylation sites (tertiary alicyclic amines) is 1. The molecule has 32 heavy (non-hydrogen) atoms. The minimum Gasteiger partial charge on any atom is -0.463 e. The van der Waals surface area contributed by atoms with Gasteiger partial charge in [0.1, 0.15) is 29.0 Å². The molecule has 0 saturated carbocycles. The zero-order valence-electron chi connectivity index (χ0n) is 19.1. The highest BCUT2D eigenvalue weighted by Gasteiger charge is 2.23. The van der Waals surface area contributed by atoms with Gasteiger partial charge in [-0.25, -0.2) is 4.98 Å². The standard InChI is InChI=1S/C24H32N4O4/c1-16(2)13-28-15-26-23-21(24(28)30)20(17(3)31-23)22(29)25-12-18-8-9-19(32-18)14-27-10-6-4-5-7-11-27/h8-9,15-16H,4-7,10-14H2,1-3H3,(H,25,29). The average Bonchev–Trinajstić information content (AvgIpc) is 3.23. The number of hydrogen-bond acceptors (Lipinski definition) is 6. The first-order valence-corrected chi connectivity index (χ1v) is 11.5. The van der Waals surface area contributed by atoms with E-state index < -0.39 is 0 Å². The Balaban J connectivity index is 1.46. The van der Waals surface area contributed by atoms with Crippen molar-refractivity contribution >= 4 is 17.0 Å². The summed E-state index contributed by atoms with van der Waals surface area (Å²) in [6.45, 7) is 9.48. The van der Waals surface area contributed by atoms with Crippen molar-refractivity contribution in [1.29, 1.82) is 0 Å². The molecular formula is C24H32N4O4. The fourth-order valence-corrected chi connectivity index (χ4v) is 4.31. The molecule has 0 spiro atoms. The van der Waals surface area contributed by atoms with E-state index in [1.165, 1.54) is 36.6 Å². The van der Waals surface area contributed by atoms with Crippen LogP contribution in [0.25, 0.3) is 11.1 Å². The summed E-state index contributed by atoms with van der Waals surface area (Å²) >= 11 is 0. The zero-order valence-corrected chi connectivity index (χ0v) is 19.1. The maximum absolute atomic E-state index is 13.0. The summed E-state index contributed by atoms with van der Waals surface area (Å²) in [4.78, 5) is 32.6. The molecule has 1 aliphatic heterocycles. The van der Waals surface area contributed by atoms with Gasteiger partial charge in [0.05, 0.1) is 18.7 Å². The van der Waals surface area contributed by atoms with Crippen LogP contribution in [0.3, 0.4) is 0 Å². The van der Waals surface area contributed by atoms with Crippen LogP contribution < -0.4 is 10.9 Å². The van der Waals surface area contributed by atoms with Gasteiger partial charge in [-0.05, 0) is 50.9 Å². The Bertz CT molecular complexity index is 1130. The van der Waals surface area contributed by atoms with E-state index in [-0.39, 0.29) is 40.6 Å². The van der Waals surface area contributed by atoms with Crippen LogP contribution in [0.15, 0.2) is 32.1 Å². The zero-order chi connectivity index (χ0) is 22.7. The van der Waals surface area contributed by atoms with Gasteiger partial charge in [-0.15, -0.1) is 0 Å². The van der Waals surface area contributed by atoms with Gasteiger partial charge in [0, 0.05) is 6.54 Å². The Kier molecular flexibility index (Phi) is 6.79. The summed E-state index contributed by atoms with van der Waals surface area (Å²) in [5, 5.41) is 3.09. The van der Waals surface area contributed by atoms with Gasteiger partial charge < -0.3 is 14.2 Å². The third kappa shape index (κ3) is 4.96. The molecule has 0 aliphatic carbocycles. The quantitative estimate of drug-likeness (QED) is 0.600. The van der Waals surface area contributed by atoms with E-state index in [1.54, 1.807) is 6.92 Å². The second kappa shape index (κ2) is 9.73. The first-order chi connectivity index (χ1) is 15.4. The van der Waals surface area contributed by atoms with Crippen LogP contribution in [-0.2, 0) is 19.6 Å². The third-order valence-electron chi connectivity index (χ3n) is 5.86. The van der Waals surface area contributed by atoms with Crippen molar-refractivity contribution in [3.05, 3.63) is 51.7 Å². The van der Waals surface area contributed by atoms with Crippen molar-refractivity contribution in [3.63, 3.8) is 0 Å². The van der Waals surface area contributed by atoms with Crippen LogP contribution in [0.5, 0.6) is 0 Å². The maximum Gasteiger partial charge on any atom is 0.265 e. The van der Waals surface area contributed by atoms with Gasteiger partial charge in [-0.3, -0.25) is 19.1 Å². The van der Waals surface area contributed by atoms with E-state index in [0.29, 0.717) is 18.1 Å². The predicted octanol–water partition coefficient (Wildman–Crippen LogP) is 3.85. The number of rotatable bonds is 7. The number of fused-ring (bicyclic) bond motifs is 1. The smallest absolute Gasteiger partial charge is 0.265 e. The third-order valence-corrected chi connectivity index (χ3v) is 5.86. The number of aryl methyl sites for hydroxylation is 1. The fourth-order valence-electron chi connectivity index (χ4n) is 4.31. The Hall–Kier alpha value is -2.87. The van der Waals surface area contributed by atoms with Crippen LogP contribution >= 0.6 is 0 Å².